The molecule has 114 valence electrons. The number of amides is 1. The number of thioether (sulfide) groups is 1. The topological polar surface area (TPSA) is 54.5 Å². The zero-order chi connectivity index (χ0) is 15.7. The normalized spacial score (nSPS) is 14.5. The molecule has 1 aliphatic heterocycles. The fourth-order valence-electron chi connectivity index (χ4n) is 2.40. The number of hydrogen-bond donors (Lipinski definition) is 0. The monoisotopic (exact) mass is 333 g/mol. The largest absolute Gasteiger partial charge is 0.306 e. The van der Waals surface area contributed by atoms with Crippen molar-refractivity contribution < 1.29 is 13.2 Å². The number of sulfone groups is 1. The smallest absolute Gasteiger partial charge is 0.258 e. The molecule has 0 aliphatic carbocycles. The summed E-state index contributed by atoms with van der Waals surface area (Å²) < 4.78 is 23.3. The van der Waals surface area contributed by atoms with E-state index in [1.807, 2.05) is 24.3 Å². The Morgan fingerprint density at radius 1 is 1.14 bits per heavy atom. The van der Waals surface area contributed by atoms with Crippen molar-refractivity contribution in [1.29, 1.82) is 0 Å². The van der Waals surface area contributed by atoms with Gasteiger partial charge in [-0.3, -0.25) is 4.79 Å². The van der Waals surface area contributed by atoms with Crippen molar-refractivity contribution in [3.8, 4) is 0 Å². The Balaban J connectivity index is 1.99. The molecule has 0 fully saturated rings. The first-order valence-corrected chi connectivity index (χ1v) is 9.68. The van der Waals surface area contributed by atoms with Gasteiger partial charge in [0.25, 0.3) is 5.91 Å². The van der Waals surface area contributed by atoms with E-state index >= 15 is 0 Å². The fourth-order valence-corrected chi connectivity index (χ4v) is 4.06. The Morgan fingerprint density at radius 2 is 1.91 bits per heavy atom. The summed E-state index contributed by atoms with van der Waals surface area (Å²) in [6, 6.07) is 14.0. The van der Waals surface area contributed by atoms with Gasteiger partial charge in [0.1, 0.15) is 0 Å². The van der Waals surface area contributed by atoms with Crippen LogP contribution in [0.5, 0.6) is 0 Å². The first-order chi connectivity index (χ1) is 10.5. The van der Waals surface area contributed by atoms with E-state index in [0.717, 1.165) is 22.6 Å². The van der Waals surface area contributed by atoms with E-state index < -0.39 is 9.84 Å². The summed E-state index contributed by atoms with van der Waals surface area (Å²) in [6.07, 6.45) is 1.14. The standard InChI is InChI=1S/C16H15NO3S2/c1-22(19,20)13-6-4-5-12(11-13)16(18)17-9-10-21-15-8-3-2-7-14(15)17/h2-8,11H,9-10H2,1H3. The van der Waals surface area contributed by atoms with Gasteiger partial charge < -0.3 is 4.90 Å². The molecule has 0 atom stereocenters. The highest BCUT2D eigenvalue weighted by Gasteiger charge is 2.24. The quantitative estimate of drug-likeness (QED) is 0.848. The number of nitrogens with zero attached hydrogens (tertiary/aromatic N) is 1. The van der Waals surface area contributed by atoms with Crippen LogP contribution in [0.15, 0.2) is 58.3 Å². The zero-order valence-electron chi connectivity index (χ0n) is 12.0. The molecular formula is C16H15NO3S2. The Labute approximate surface area is 134 Å². The second kappa shape index (κ2) is 5.78. The molecule has 0 radical (unpaired) electrons. The van der Waals surface area contributed by atoms with Crippen molar-refractivity contribution in [3.05, 3.63) is 54.1 Å². The Kier molecular flexibility index (Phi) is 3.97. The molecule has 1 aliphatic rings. The van der Waals surface area contributed by atoms with E-state index in [1.165, 1.54) is 12.1 Å². The third-order valence-corrected chi connectivity index (χ3v) is 5.64. The Hall–Kier alpha value is -1.79. The minimum absolute atomic E-state index is 0.165. The summed E-state index contributed by atoms with van der Waals surface area (Å²) in [6.45, 7) is 0.615. The van der Waals surface area contributed by atoms with Crippen molar-refractivity contribution in [3.63, 3.8) is 0 Å². The molecule has 0 saturated heterocycles. The van der Waals surface area contributed by atoms with Crippen LogP contribution in [0.25, 0.3) is 0 Å². The molecule has 2 aromatic rings. The zero-order valence-corrected chi connectivity index (χ0v) is 13.7. The van der Waals surface area contributed by atoms with Crippen LogP contribution in [-0.2, 0) is 9.84 Å². The van der Waals surface area contributed by atoms with Gasteiger partial charge in [-0.15, -0.1) is 11.8 Å². The lowest BCUT2D eigenvalue weighted by Gasteiger charge is -2.29. The van der Waals surface area contributed by atoms with Crippen molar-refractivity contribution >= 4 is 33.2 Å². The highest BCUT2D eigenvalue weighted by Crippen LogP contribution is 2.35. The van der Waals surface area contributed by atoms with Crippen LogP contribution in [-0.4, -0.2) is 32.9 Å². The second-order valence-corrected chi connectivity index (χ2v) is 8.23. The first-order valence-electron chi connectivity index (χ1n) is 6.80. The predicted octanol–water partition coefficient (Wildman–Crippen LogP) is 2.84. The molecule has 6 heteroatoms. The Bertz CT molecular complexity index is 831. The van der Waals surface area contributed by atoms with Crippen LogP contribution in [0.2, 0.25) is 0 Å². The summed E-state index contributed by atoms with van der Waals surface area (Å²) in [7, 11) is -3.32. The van der Waals surface area contributed by atoms with Crippen molar-refractivity contribution in [1.82, 2.24) is 0 Å². The summed E-state index contributed by atoms with van der Waals surface area (Å²) in [5.41, 5.74) is 1.28. The molecule has 2 aromatic carbocycles. The van der Waals surface area contributed by atoms with E-state index in [0.29, 0.717) is 12.1 Å². The molecule has 3 rings (SSSR count). The van der Waals surface area contributed by atoms with Crippen LogP contribution in [0.3, 0.4) is 0 Å². The lowest BCUT2D eigenvalue weighted by atomic mass is 10.1. The molecule has 22 heavy (non-hydrogen) atoms. The molecule has 1 amide bonds. The molecule has 0 saturated carbocycles. The number of carbonyl (C=O) groups excluding carboxylic acids is 1. The SMILES string of the molecule is CS(=O)(=O)c1cccc(C(=O)N2CCSc3ccccc32)c1. The number of hydrogen-bond acceptors (Lipinski definition) is 4. The van der Waals surface area contributed by atoms with Crippen molar-refractivity contribution in [2.24, 2.45) is 0 Å². The van der Waals surface area contributed by atoms with Gasteiger partial charge in [-0.25, -0.2) is 8.42 Å². The molecule has 0 N–H and O–H groups in total. The number of para-hydroxylation sites is 1. The summed E-state index contributed by atoms with van der Waals surface area (Å²) in [4.78, 5) is 15.7. The predicted molar refractivity (Wildman–Crippen MR) is 88.4 cm³/mol. The highest BCUT2D eigenvalue weighted by molar-refractivity contribution is 7.99. The average Bonchev–Trinajstić information content (AvgIpc) is 2.53. The van der Waals surface area contributed by atoms with Gasteiger partial charge in [0.15, 0.2) is 9.84 Å². The maximum absolute atomic E-state index is 12.8. The summed E-state index contributed by atoms with van der Waals surface area (Å²) in [5, 5.41) is 0. The first kappa shape index (κ1) is 15.1. The maximum atomic E-state index is 12.8. The number of fused-ring (bicyclic) bond motifs is 1. The summed E-state index contributed by atoms with van der Waals surface area (Å²) >= 11 is 1.72. The van der Waals surface area contributed by atoms with E-state index in [4.69, 9.17) is 0 Å². The van der Waals surface area contributed by atoms with Crippen LogP contribution >= 0.6 is 11.8 Å². The lowest BCUT2D eigenvalue weighted by molar-refractivity contribution is 0.0987. The van der Waals surface area contributed by atoms with Gasteiger partial charge in [0.2, 0.25) is 0 Å². The number of rotatable bonds is 2. The Morgan fingerprint density at radius 3 is 2.68 bits per heavy atom. The maximum Gasteiger partial charge on any atom is 0.258 e. The summed E-state index contributed by atoms with van der Waals surface area (Å²) in [5.74, 6) is 0.660. The van der Waals surface area contributed by atoms with E-state index in [-0.39, 0.29) is 10.8 Å². The van der Waals surface area contributed by atoms with Gasteiger partial charge in [0, 0.05) is 29.0 Å². The third kappa shape index (κ3) is 2.89. The molecule has 0 unspecified atom stereocenters. The molecule has 0 spiro atoms. The van der Waals surface area contributed by atoms with Crippen molar-refractivity contribution in [2.75, 3.05) is 23.5 Å². The molecular weight excluding hydrogens is 318 g/mol. The van der Waals surface area contributed by atoms with Gasteiger partial charge in [-0.05, 0) is 30.3 Å². The second-order valence-electron chi connectivity index (χ2n) is 5.07. The lowest BCUT2D eigenvalue weighted by Crippen LogP contribution is -2.35. The number of carbonyl (C=O) groups is 1. The highest BCUT2D eigenvalue weighted by atomic mass is 32.2. The minimum Gasteiger partial charge on any atom is -0.306 e. The van der Waals surface area contributed by atoms with Crippen molar-refractivity contribution in [2.45, 2.75) is 9.79 Å². The number of benzene rings is 2. The van der Waals surface area contributed by atoms with Gasteiger partial charge in [-0.2, -0.15) is 0 Å². The molecule has 0 bridgehead atoms. The van der Waals surface area contributed by atoms with Gasteiger partial charge in [-0.1, -0.05) is 18.2 Å². The van der Waals surface area contributed by atoms with Crippen LogP contribution < -0.4 is 4.90 Å². The van der Waals surface area contributed by atoms with E-state index in [2.05, 4.69) is 0 Å². The average molecular weight is 333 g/mol. The van der Waals surface area contributed by atoms with Crippen LogP contribution in [0.1, 0.15) is 10.4 Å². The van der Waals surface area contributed by atoms with E-state index in [1.54, 1.807) is 28.8 Å². The number of anilines is 1. The third-order valence-electron chi connectivity index (χ3n) is 3.48. The fraction of sp³-hybridized carbons (Fsp3) is 0.188. The van der Waals surface area contributed by atoms with Crippen LogP contribution in [0.4, 0.5) is 5.69 Å². The molecule has 0 aromatic heterocycles. The van der Waals surface area contributed by atoms with Gasteiger partial charge in [0.05, 0.1) is 10.6 Å². The van der Waals surface area contributed by atoms with Crippen LogP contribution in [0, 0.1) is 0 Å². The molecule has 4 nitrogen and oxygen atoms in total. The van der Waals surface area contributed by atoms with Gasteiger partial charge >= 0.3 is 0 Å². The van der Waals surface area contributed by atoms with E-state index in [9.17, 15) is 13.2 Å². The minimum atomic E-state index is -3.32. The molecule has 1 heterocycles.